The molecule has 10 heteroatoms. The molecule has 0 saturated carbocycles. The number of alkyl carbamates (subject to hydrolysis) is 1. The first-order chi connectivity index (χ1) is 16.3. The Balaban J connectivity index is 1.62. The number of anilines is 1. The van der Waals surface area contributed by atoms with Gasteiger partial charge in [-0.1, -0.05) is 6.07 Å². The maximum atomic E-state index is 11.8. The monoisotopic (exact) mass is 464 g/mol. The second-order valence-electron chi connectivity index (χ2n) is 8.36. The van der Waals surface area contributed by atoms with Gasteiger partial charge in [0.05, 0.1) is 38.2 Å². The van der Waals surface area contributed by atoms with Gasteiger partial charge >= 0.3 is 6.09 Å². The molecule has 1 aromatic heterocycles. The van der Waals surface area contributed by atoms with Crippen molar-refractivity contribution in [2.75, 3.05) is 32.1 Å². The molecule has 2 N–H and O–H groups in total. The highest BCUT2D eigenvalue weighted by Gasteiger charge is 2.20. The molecule has 0 aliphatic carbocycles. The summed E-state index contributed by atoms with van der Waals surface area (Å²) in [4.78, 5) is 24.4. The molecule has 0 saturated heterocycles. The van der Waals surface area contributed by atoms with Gasteiger partial charge < -0.3 is 24.8 Å². The predicted octanol–water partition coefficient (Wildman–Crippen LogP) is 3.56. The summed E-state index contributed by atoms with van der Waals surface area (Å²) in [6, 6.07) is 7.53. The van der Waals surface area contributed by atoms with Crippen LogP contribution in [0.4, 0.5) is 10.6 Å². The molecule has 0 atom stereocenters. The average molecular weight is 465 g/mol. The number of carbonyl (C=O) groups excluding carboxylic acids is 1. The van der Waals surface area contributed by atoms with Gasteiger partial charge in [-0.3, -0.25) is 4.99 Å². The Morgan fingerprint density at radius 1 is 1.21 bits per heavy atom. The number of ether oxygens (including phenoxy) is 3. The number of carbonyl (C=O) groups is 1. The fourth-order valence-electron chi connectivity index (χ4n) is 3.11. The molecule has 0 fully saturated rings. The number of aromatic nitrogens is 2. The maximum absolute atomic E-state index is 11.8. The SMILES string of the molecule is COc1cccc(OCCCNC(=O)OC(C)(C)C)c1C1=CC(Nc2cnc(C#N)cn2)=NC1. The minimum atomic E-state index is -0.534. The highest BCUT2D eigenvalue weighted by molar-refractivity contribution is 6.11. The topological polar surface area (TPSA) is 131 Å². The molecule has 2 heterocycles. The zero-order valence-corrected chi connectivity index (χ0v) is 19.7. The van der Waals surface area contributed by atoms with Crippen molar-refractivity contribution in [3.8, 4) is 17.6 Å². The minimum Gasteiger partial charge on any atom is -0.496 e. The second kappa shape index (κ2) is 11.1. The summed E-state index contributed by atoms with van der Waals surface area (Å²) in [5, 5.41) is 14.7. The van der Waals surface area contributed by atoms with Crippen LogP contribution >= 0.6 is 0 Å². The highest BCUT2D eigenvalue weighted by Crippen LogP contribution is 2.36. The van der Waals surface area contributed by atoms with Crippen LogP contribution in [0, 0.1) is 11.3 Å². The smallest absolute Gasteiger partial charge is 0.407 e. The minimum absolute atomic E-state index is 0.243. The van der Waals surface area contributed by atoms with Crippen LogP contribution in [0.3, 0.4) is 0 Å². The number of hydrogen-bond donors (Lipinski definition) is 2. The van der Waals surface area contributed by atoms with E-state index in [0.29, 0.717) is 49.3 Å². The normalized spacial score (nSPS) is 12.8. The van der Waals surface area contributed by atoms with E-state index in [-0.39, 0.29) is 5.69 Å². The third-order valence-electron chi connectivity index (χ3n) is 4.53. The van der Waals surface area contributed by atoms with Gasteiger partial charge in [-0.15, -0.1) is 0 Å². The molecule has 0 unspecified atom stereocenters. The molecule has 3 rings (SSSR count). The Bertz CT molecular complexity index is 1110. The van der Waals surface area contributed by atoms with E-state index in [4.69, 9.17) is 19.5 Å². The van der Waals surface area contributed by atoms with Crippen molar-refractivity contribution < 1.29 is 19.0 Å². The van der Waals surface area contributed by atoms with Gasteiger partial charge in [-0.05, 0) is 51.0 Å². The van der Waals surface area contributed by atoms with Crippen LogP contribution in [-0.2, 0) is 4.74 Å². The van der Waals surface area contributed by atoms with E-state index < -0.39 is 11.7 Å². The number of nitriles is 1. The number of aliphatic imine (C=N–C) groups is 1. The van der Waals surface area contributed by atoms with E-state index in [1.807, 2.05) is 51.1 Å². The van der Waals surface area contributed by atoms with Gasteiger partial charge in [-0.2, -0.15) is 5.26 Å². The molecular weight excluding hydrogens is 436 g/mol. The Kier molecular flexibility index (Phi) is 8.03. The summed E-state index contributed by atoms with van der Waals surface area (Å²) < 4.78 is 16.8. The van der Waals surface area contributed by atoms with Crippen molar-refractivity contribution in [1.29, 1.82) is 5.26 Å². The molecule has 1 aliphatic heterocycles. The van der Waals surface area contributed by atoms with Crippen molar-refractivity contribution in [2.24, 2.45) is 4.99 Å². The summed E-state index contributed by atoms with van der Waals surface area (Å²) >= 11 is 0. The molecule has 2 aromatic rings. The number of rotatable bonds is 8. The Morgan fingerprint density at radius 2 is 2.00 bits per heavy atom. The molecule has 10 nitrogen and oxygen atoms in total. The van der Waals surface area contributed by atoms with Crippen molar-refractivity contribution in [3.05, 3.63) is 47.9 Å². The van der Waals surface area contributed by atoms with Gasteiger partial charge in [0.1, 0.15) is 34.8 Å². The van der Waals surface area contributed by atoms with E-state index >= 15 is 0 Å². The number of methoxy groups -OCH3 is 1. The summed E-state index contributed by atoms with van der Waals surface area (Å²) in [7, 11) is 1.61. The molecule has 0 bridgehead atoms. The van der Waals surface area contributed by atoms with E-state index in [0.717, 1.165) is 11.1 Å². The summed E-state index contributed by atoms with van der Waals surface area (Å²) in [6.45, 7) is 6.72. The molecule has 0 radical (unpaired) electrons. The van der Waals surface area contributed by atoms with Crippen LogP contribution in [0.15, 0.2) is 41.7 Å². The molecule has 1 aromatic carbocycles. The second-order valence-corrected chi connectivity index (χ2v) is 8.36. The maximum Gasteiger partial charge on any atom is 0.407 e. The van der Waals surface area contributed by atoms with E-state index in [1.54, 1.807) is 7.11 Å². The first-order valence-electron chi connectivity index (χ1n) is 10.8. The predicted molar refractivity (Wildman–Crippen MR) is 128 cm³/mol. The summed E-state index contributed by atoms with van der Waals surface area (Å²) in [5.41, 5.74) is 1.44. The van der Waals surface area contributed by atoms with Crippen LogP contribution in [0.2, 0.25) is 0 Å². The number of benzene rings is 1. The van der Waals surface area contributed by atoms with E-state index in [1.165, 1.54) is 12.4 Å². The standard InChI is InChI=1S/C24H28N6O4/c1-24(2,3)34-23(31)26-9-6-10-33-19-8-5-7-18(32-4)22(19)16-11-20(28-13-16)30-21-15-27-17(12-25)14-29-21/h5,7-8,11,14-15H,6,9-10,13H2,1-4H3,(H,26,31)(H,28,29,30). The van der Waals surface area contributed by atoms with Crippen molar-refractivity contribution in [2.45, 2.75) is 32.8 Å². The first-order valence-corrected chi connectivity index (χ1v) is 10.8. The average Bonchev–Trinajstić information content (AvgIpc) is 3.25. The molecular formula is C24H28N6O4. The fraction of sp³-hybridized carbons (Fsp3) is 0.375. The number of amides is 1. The van der Waals surface area contributed by atoms with Gasteiger partial charge in [0.2, 0.25) is 0 Å². The molecule has 178 valence electrons. The Morgan fingerprint density at radius 3 is 2.68 bits per heavy atom. The molecule has 34 heavy (non-hydrogen) atoms. The molecule has 1 amide bonds. The van der Waals surface area contributed by atoms with Crippen LogP contribution < -0.4 is 20.1 Å². The lowest BCUT2D eigenvalue weighted by Crippen LogP contribution is -2.33. The van der Waals surface area contributed by atoms with Crippen LogP contribution in [0.5, 0.6) is 11.5 Å². The highest BCUT2D eigenvalue weighted by atomic mass is 16.6. The number of hydrogen-bond acceptors (Lipinski definition) is 9. The number of amidine groups is 1. The van der Waals surface area contributed by atoms with E-state index in [9.17, 15) is 4.79 Å². The van der Waals surface area contributed by atoms with Gasteiger partial charge in [0.15, 0.2) is 5.69 Å². The van der Waals surface area contributed by atoms with Crippen LogP contribution in [-0.4, -0.2) is 54.3 Å². The fourth-order valence-corrected chi connectivity index (χ4v) is 3.11. The summed E-state index contributed by atoms with van der Waals surface area (Å²) in [6.07, 6.45) is 4.93. The lowest BCUT2D eigenvalue weighted by Gasteiger charge is -2.19. The lowest BCUT2D eigenvalue weighted by molar-refractivity contribution is 0.0525. The van der Waals surface area contributed by atoms with Crippen molar-refractivity contribution in [1.82, 2.24) is 15.3 Å². The summed E-state index contributed by atoms with van der Waals surface area (Å²) in [5.74, 6) is 2.44. The van der Waals surface area contributed by atoms with Crippen LogP contribution in [0.25, 0.3) is 5.57 Å². The third kappa shape index (κ3) is 6.93. The van der Waals surface area contributed by atoms with Crippen molar-refractivity contribution in [3.63, 3.8) is 0 Å². The number of nitrogens with one attached hydrogen (secondary N) is 2. The zero-order chi connectivity index (χ0) is 24.6. The van der Waals surface area contributed by atoms with Crippen LogP contribution in [0.1, 0.15) is 38.4 Å². The van der Waals surface area contributed by atoms with Gasteiger partial charge in [0.25, 0.3) is 0 Å². The quantitative estimate of drug-likeness (QED) is 0.567. The Hall–Kier alpha value is -4.13. The largest absolute Gasteiger partial charge is 0.496 e. The van der Waals surface area contributed by atoms with Gasteiger partial charge in [-0.25, -0.2) is 14.8 Å². The first kappa shape index (κ1) is 24.5. The third-order valence-corrected chi connectivity index (χ3v) is 4.53. The van der Waals surface area contributed by atoms with Crippen molar-refractivity contribution >= 4 is 23.3 Å². The molecule has 0 spiro atoms. The molecule has 1 aliphatic rings. The zero-order valence-electron chi connectivity index (χ0n) is 19.7. The Labute approximate surface area is 198 Å². The number of nitrogens with zero attached hydrogens (tertiary/aromatic N) is 4. The van der Waals surface area contributed by atoms with Gasteiger partial charge in [0, 0.05) is 6.54 Å². The lowest BCUT2D eigenvalue weighted by atomic mass is 10.0. The van der Waals surface area contributed by atoms with E-state index in [2.05, 4.69) is 25.6 Å².